The quantitative estimate of drug-likeness (QED) is 0.752. The van der Waals surface area contributed by atoms with Crippen LogP contribution in [0.15, 0.2) is 27.8 Å². The Hall–Kier alpha value is -0.590. The molecule has 1 atom stereocenters. The van der Waals surface area contributed by atoms with Crippen LogP contribution in [-0.2, 0) is 4.79 Å². The summed E-state index contributed by atoms with van der Waals surface area (Å²) in [7, 11) is 0. The molecule has 2 N–H and O–H groups in total. The number of carboxylic acids is 1. The molecule has 4 nitrogen and oxygen atoms in total. The van der Waals surface area contributed by atoms with Crippen LogP contribution in [0.4, 0.5) is 0 Å². The highest BCUT2D eigenvalue weighted by molar-refractivity contribution is 9.10. The number of hydrogen-bond acceptors (Lipinski definition) is 4. The second-order valence-electron chi connectivity index (χ2n) is 4.17. The van der Waals surface area contributed by atoms with Crippen molar-refractivity contribution in [3.05, 3.63) is 22.8 Å². The van der Waals surface area contributed by atoms with E-state index in [1.807, 2.05) is 19.1 Å². The van der Waals surface area contributed by atoms with Crippen molar-refractivity contribution in [3.8, 4) is 0 Å². The highest BCUT2D eigenvalue weighted by atomic mass is 79.9. The van der Waals surface area contributed by atoms with Crippen molar-refractivity contribution in [2.24, 2.45) is 0 Å². The highest BCUT2D eigenvalue weighted by Crippen LogP contribution is 2.22. The van der Waals surface area contributed by atoms with Gasteiger partial charge in [0.2, 0.25) is 0 Å². The first-order valence-electron chi connectivity index (χ1n) is 5.70. The number of nitrogens with zero attached hydrogens (tertiary/aromatic N) is 1. The Bertz CT molecular complexity index is 400. The van der Waals surface area contributed by atoms with Gasteiger partial charge in [-0.25, -0.2) is 4.98 Å². The molecule has 0 saturated heterocycles. The number of carbonyl (C=O) groups is 1. The molecule has 6 heteroatoms. The smallest absolute Gasteiger partial charge is 0.324 e. The van der Waals surface area contributed by atoms with Crippen LogP contribution in [0.5, 0.6) is 0 Å². The standard InChI is InChI=1S/C12H17BrN2O2S/c1-3-6-15-12(2,11(16)17)8-18-10-5-4-9(13)7-14-10/h4-5,7,15H,3,6,8H2,1-2H3,(H,16,17). The van der Waals surface area contributed by atoms with Gasteiger partial charge >= 0.3 is 5.97 Å². The number of halogens is 1. The summed E-state index contributed by atoms with van der Waals surface area (Å²) < 4.78 is 0.914. The van der Waals surface area contributed by atoms with Crippen LogP contribution < -0.4 is 5.32 Å². The van der Waals surface area contributed by atoms with Gasteiger partial charge in [-0.15, -0.1) is 11.8 Å². The van der Waals surface area contributed by atoms with Gasteiger partial charge in [-0.1, -0.05) is 6.92 Å². The molecule has 1 rings (SSSR count). The Kier molecular flexibility index (Phi) is 6.11. The molecule has 100 valence electrons. The van der Waals surface area contributed by atoms with Crippen LogP contribution in [0, 0.1) is 0 Å². The highest BCUT2D eigenvalue weighted by Gasteiger charge is 2.32. The fourth-order valence-corrected chi connectivity index (χ4v) is 2.44. The Morgan fingerprint density at radius 3 is 2.83 bits per heavy atom. The number of aliphatic carboxylic acids is 1. The van der Waals surface area contributed by atoms with E-state index in [1.54, 1.807) is 13.1 Å². The molecule has 0 amide bonds. The number of nitrogens with one attached hydrogen (secondary N) is 1. The maximum Gasteiger partial charge on any atom is 0.324 e. The van der Waals surface area contributed by atoms with E-state index in [4.69, 9.17) is 0 Å². The van der Waals surface area contributed by atoms with Gasteiger partial charge in [0.25, 0.3) is 0 Å². The van der Waals surface area contributed by atoms with Crippen LogP contribution in [0.25, 0.3) is 0 Å². The van der Waals surface area contributed by atoms with Crippen LogP contribution >= 0.6 is 27.7 Å². The van der Waals surface area contributed by atoms with Crippen LogP contribution in [-0.4, -0.2) is 33.9 Å². The number of aromatic nitrogens is 1. The summed E-state index contributed by atoms with van der Waals surface area (Å²) in [6.45, 7) is 4.41. The van der Waals surface area contributed by atoms with Crippen LogP contribution in [0.3, 0.4) is 0 Å². The van der Waals surface area contributed by atoms with E-state index in [1.165, 1.54) is 11.8 Å². The van der Waals surface area contributed by atoms with Gasteiger partial charge in [-0.05, 0) is 48.0 Å². The zero-order valence-electron chi connectivity index (χ0n) is 10.4. The molecule has 0 aliphatic rings. The van der Waals surface area contributed by atoms with Gasteiger partial charge in [0.15, 0.2) is 0 Å². The lowest BCUT2D eigenvalue weighted by Gasteiger charge is -2.25. The lowest BCUT2D eigenvalue weighted by atomic mass is 10.1. The maximum atomic E-state index is 11.3. The molecule has 0 saturated carbocycles. The molecule has 0 aliphatic heterocycles. The first-order chi connectivity index (χ1) is 8.48. The predicted octanol–water partition coefficient (Wildman–Crippen LogP) is 2.78. The second-order valence-corrected chi connectivity index (χ2v) is 6.08. The fourth-order valence-electron chi connectivity index (χ4n) is 1.26. The third-order valence-corrected chi connectivity index (χ3v) is 4.17. The first kappa shape index (κ1) is 15.5. The van der Waals surface area contributed by atoms with Crippen molar-refractivity contribution in [1.82, 2.24) is 10.3 Å². The SMILES string of the molecule is CCCNC(C)(CSc1ccc(Br)cn1)C(=O)O. The third-order valence-electron chi connectivity index (χ3n) is 2.45. The number of carboxylic acid groups (broad SMARTS) is 1. The van der Waals surface area contributed by atoms with Crippen molar-refractivity contribution >= 4 is 33.7 Å². The second kappa shape index (κ2) is 7.11. The minimum Gasteiger partial charge on any atom is -0.480 e. The van der Waals surface area contributed by atoms with Crippen molar-refractivity contribution in [3.63, 3.8) is 0 Å². The van der Waals surface area contributed by atoms with Gasteiger partial charge in [0.1, 0.15) is 5.54 Å². The van der Waals surface area contributed by atoms with Gasteiger partial charge in [0, 0.05) is 16.4 Å². The molecule has 0 fully saturated rings. The lowest BCUT2D eigenvalue weighted by molar-refractivity contribution is -0.143. The minimum atomic E-state index is -0.921. The molecular weight excluding hydrogens is 316 g/mol. The van der Waals surface area contributed by atoms with Crippen LogP contribution in [0.2, 0.25) is 0 Å². The normalized spacial score (nSPS) is 14.2. The predicted molar refractivity (Wildman–Crippen MR) is 77.0 cm³/mol. The summed E-state index contributed by atoms with van der Waals surface area (Å²) in [6.07, 6.45) is 2.62. The average Bonchev–Trinajstić information content (AvgIpc) is 2.35. The monoisotopic (exact) mass is 332 g/mol. The summed E-state index contributed by atoms with van der Waals surface area (Å²) >= 11 is 4.75. The molecular formula is C12H17BrN2O2S. The number of pyridine rings is 1. The third kappa shape index (κ3) is 4.59. The molecule has 0 aliphatic carbocycles. The average molecular weight is 333 g/mol. The molecule has 0 bridgehead atoms. The molecule has 1 unspecified atom stereocenters. The molecule has 0 radical (unpaired) electrons. The summed E-state index contributed by atoms with van der Waals surface area (Å²) in [5, 5.41) is 13.2. The van der Waals surface area contributed by atoms with Crippen molar-refractivity contribution in [2.45, 2.75) is 30.8 Å². The van der Waals surface area contributed by atoms with Crippen molar-refractivity contribution in [1.29, 1.82) is 0 Å². The van der Waals surface area contributed by atoms with E-state index in [0.717, 1.165) is 15.9 Å². The van der Waals surface area contributed by atoms with E-state index in [-0.39, 0.29) is 0 Å². The zero-order chi connectivity index (χ0) is 13.6. The largest absolute Gasteiger partial charge is 0.480 e. The molecule has 1 aromatic heterocycles. The van der Waals surface area contributed by atoms with Crippen LogP contribution in [0.1, 0.15) is 20.3 Å². The topological polar surface area (TPSA) is 62.2 Å². The Morgan fingerprint density at radius 2 is 2.33 bits per heavy atom. The first-order valence-corrected chi connectivity index (χ1v) is 7.48. The summed E-state index contributed by atoms with van der Waals surface area (Å²) in [4.78, 5) is 15.5. The summed E-state index contributed by atoms with van der Waals surface area (Å²) in [6, 6.07) is 3.77. The Balaban J connectivity index is 2.62. The molecule has 0 spiro atoms. The lowest BCUT2D eigenvalue weighted by Crippen LogP contribution is -2.51. The van der Waals surface area contributed by atoms with E-state index < -0.39 is 11.5 Å². The van der Waals surface area contributed by atoms with E-state index in [0.29, 0.717) is 12.3 Å². The molecule has 18 heavy (non-hydrogen) atoms. The molecule has 0 aromatic carbocycles. The zero-order valence-corrected chi connectivity index (χ0v) is 12.8. The Labute approximate surface area is 120 Å². The van der Waals surface area contributed by atoms with Gasteiger partial charge in [0.05, 0.1) is 5.03 Å². The van der Waals surface area contributed by atoms with Crippen molar-refractivity contribution < 1.29 is 9.90 Å². The Morgan fingerprint density at radius 1 is 1.61 bits per heavy atom. The van der Waals surface area contributed by atoms with E-state index >= 15 is 0 Å². The summed E-state index contributed by atoms with van der Waals surface area (Å²) in [5.41, 5.74) is -0.921. The fraction of sp³-hybridized carbons (Fsp3) is 0.500. The minimum absolute atomic E-state index is 0.441. The number of thioether (sulfide) groups is 1. The number of rotatable bonds is 7. The number of hydrogen-bond donors (Lipinski definition) is 2. The maximum absolute atomic E-state index is 11.3. The van der Waals surface area contributed by atoms with Gasteiger partial charge < -0.3 is 10.4 Å². The summed E-state index contributed by atoms with van der Waals surface area (Å²) in [5.74, 6) is -0.391. The van der Waals surface area contributed by atoms with Gasteiger partial charge in [-0.2, -0.15) is 0 Å². The van der Waals surface area contributed by atoms with E-state index in [9.17, 15) is 9.90 Å². The molecule has 1 heterocycles. The van der Waals surface area contributed by atoms with E-state index in [2.05, 4.69) is 26.2 Å². The van der Waals surface area contributed by atoms with Gasteiger partial charge in [-0.3, -0.25) is 4.79 Å². The van der Waals surface area contributed by atoms with Crippen molar-refractivity contribution in [2.75, 3.05) is 12.3 Å². The molecule has 1 aromatic rings.